The number of hydrogen-bond donors (Lipinski definition) is 0. The van der Waals surface area contributed by atoms with Crippen molar-refractivity contribution in [2.24, 2.45) is 0 Å². The second-order valence-electron chi connectivity index (χ2n) is 3.60. The SMILES string of the molecule is Cc1ccc(Cc2cccc3ooc23)s1. The van der Waals surface area contributed by atoms with Gasteiger partial charge in [0.25, 0.3) is 0 Å². The molecule has 3 rings (SSSR count). The molecule has 3 aromatic rings. The first-order valence-corrected chi connectivity index (χ1v) is 5.66. The standard InChI is InChI=1S/C12H10O2S/c1-8-5-6-10(15-8)7-9-3-2-4-11-12(9)14-13-11/h2-6H,7H2,1H3. The van der Waals surface area contributed by atoms with Crippen molar-refractivity contribution < 1.29 is 9.15 Å². The Bertz CT molecular complexity index is 585. The Kier molecular flexibility index (Phi) is 1.92. The molecule has 1 aromatic carbocycles. The lowest BCUT2D eigenvalue weighted by molar-refractivity contribution is 0.0582. The van der Waals surface area contributed by atoms with Crippen LogP contribution in [0.25, 0.3) is 11.2 Å². The molecule has 0 saturated heterocycles. The number of fused-ring (bicyclic) bond motifs is 1. The van der Waals surface area contributed by atoms with Crippen molar-refractivity contribution >= 4 is 22.5 Å². The number of para-hydroxylation sites is 1. The Hall–Kier alpha value is -1.48. The molecule has 0 atom stereocenters. The third-order valence-corrected chi connectivity index (χ3v) is 3.44. The zero-order valence-corrected chi connectivity index (χ0v) is 9.14. The highest BCUT2D eigenvalue weighted by Crippen LogP contribution is 2.26. The maximum Gasteiger partial charge on any atom is 0.229 e. The highest BCUT2D eigenvalue weighted by atomic mass is 32.1. The monoisotopic (exact) mass is 218 g/mol. The predicted octanol–water partition coefficient (Wildman–Crippen LogP) is 3.99. The summed E-state index contributed by atoms with van der Waals surface area (Å²) < 4.78 is 9.85. The van der Waals surface area contributed by atoms with E-state index in [4.69, 9.17) is 9.15 Å². The van der Waals surface area contributed by atoms with Gasteiger partial charge in [0, 0.05) is 21.7 Å². The van der Waals surface area contributed by atoms with E-state index < -0.39 is 0 Å². The Labute approximate surface area is 91.1 Å². The molecule has 0 aliphatic carbocycles. The summed E-state index contributed by atoms with van der Waals surface area (Å²) in [6.45, 7) is 2.12. The van der Waals surface area contributed by atoms with Gasteiger partial charge in [0.05, 0.1) is 0 Å². The average molecular weight is 218 g/mol. The molecule has 0 N–H and O–H groups in total. The Balaban J connectivity index is 1.97. The zero-order chi connectivity index (χ0) is 10.3. The second kappa shape index (κ2) is 3.28. The predicted molar refractivity (Wildman–Crippen MR) is 60.3 cm³/mol. The molecule has 0 aliphatic heterocycles. The van der Waals surface area contributed by atoms with E-state index in [2.05, 4.69) is 25.1 Å². The molecule has 2 aromatic heterocycles. The summed E-state index contributed by atoms with van der Waals surface area (Å²) in [5.41, 5.74) is 2.94. The van der Waals surface area contributed by atoms with Crippen molar-refractivity contribution in [1.82, 2.24) is 0 Å². The summed E-state index contributed by atoms with van der Waals surface area (Å²) in [6, 6.07) is 10.3. The van der Waals surface area contributed by atoms with Crippen LogP contribution in [-0.2, 0) is 6.42 Å². The molecular formula is C12H10O2S. The molecule has 0 amide bonds. The van der Waals surface area contributed by atoms with Crippen LogP contribution < -0.4 is 0 Å². The smallest absolute Gasteiger partial charge is 0.229 e. The maximum absolute atomic E-state index is 4.99. The van der Waals surface area contributed by atoms with Crippen LogP contribution in [0.2, 0.25) is 0 Å². The zero-order valence-electron chi connectivity index (χ0n) is 8.32. The average Bonchev–Trinajstić information content (AvgIpc) is 2.55. The van der Waals surface area contributed by atoms with Crippen LogP contribution in [0.4, 0.5) is 0 Å². The first-order valence-electron chi connectivity index (χ1n) is 4.84. The third-order valence-electron chi connectivity index (χ3n) is 2.44. The van der Waals surface area contributed by atoms with E-state index in [9.17, 15) is 0 Å². The first-order chi connectivity index (χ1) is 7.33. The van der Waals surface area contributed by atoms with Crippen LogP contribution in [0.3, 0.4) is 0 Å². The van der Waals surface area contributed by atoms with Crippen molar-refractivity contribution in [2.75, 3.05) is 0 Å². The number of hydrogen-bond acceptors (Lipinski definition) is 3. The molecule has 2 heterocycles. The fourth-order valence-electron chi connectivity index (χ4n) is 1.68. The minimum Gasteiger partial charge on any atom is -0.286 e. The van der Waals surface area contributed by atoms with Gasteiger partial charge >= 0.3 is 0 Å². The van der Waals surface area contributed by atoms with Crippen molar-refractivity contribution in [3.63, 3.8) is 0 Å². The van der Waals surface area contributed by atoms with E-state index in [-0.39, 0.29) is 0 Å². The minimum atomic E-state index is 0.848. The van der Waals surface area contributed by atoms with E-state index >= 15 is 0 Å². The molecule has 0 fully saturated rings. The van der Waals surface area contributed by atoms with Crippen molar-refractivity contribution in [3.05, 3.63) is 45.6 Å². The highest BCUT2D eigenvalue weighted by Gasteiger charge is 2.10. The summed E-state index contributed by atoms with van der Waals surface area (Å²) in [5, 5.41) is 0. The van der Waals surface area contributed by atoms with Crippen LogP contribution in [0.5, 0.6) is 0 Å². The van der Waals surface area contributed by atoms with E-state index in [1.54, 1.807) is 0 Å². The fourth-order valence-corrected chi connectivity index (χ4v) is 2.59. The van der Waals surface area contributed by atoms with E-state index in [0.29, 0.717) is 0 Å². The molecule has 0 saturated carbocycles. The van der Waals surface area contributed by atoms with Crippen LogP contribution in [0, 0.1) is 6.92 Å². The summed E-state index contributed by atoms with van der Waals surface area (Å²) in [7, 11) is 0. The van der Waals surface area contributed by atoms with Crippen molar-refractivity contribution in [2.45, 2.75) is 13.3 Å². The Morgan fingerprint density at radius 3 is 2.73 bits per heavy atom. The summed E-state index contributed by atoms with van der Waals surface area (Å²) in [4.78, 5) is 2.70. The van der Waals surface area contributed by atoms with Gasteiger partial charge in [-0.15, -0.1) is 11.3 Å². The third kappa shape index (κ3) is 1.49. The number of rotatable bonds is 2. The van der Waals surface area contributed by atoms with Gasteiger partial charge in [-0.2, -0.15) is 0 Å². The molecule has 3 heteroatoms. The second-order valence-corrected chi connectivity index (χ2v) is 4.97. The maximum atomic E-state index is 4.99. The lowest BCUT2D eigenvalue weighted by Crippen LogP contribution is -1.88. The van der Waals surface area contributed by atoms with Gasteiger partial charge in [0.1, 0.15) is 0 Å². The highest BCUT2D eigenvalue weighted by molar-refractivity contribution is 7.11. The summed E-state index contributed by atoms with van der Waals surface area (Å²) >= 11 is 1.82. The van der Waals surface area contributed by atoms with Crippen LogP contribution in [0.15, 0.2) is 39.5 Å². The van der Waals surface area contributed by atoms with Gasteiger partial charge in [0.15, 0.2) is 0 Å². The van der Waals surface area contributed by atoms with Crippen LogP contribution in [0.1, 0.15) is 15.3 Å². The molecule has 0 bridgehead atoms. The van der Waals surface area contributed by atoms with E-state index in [0.717, 1.165) is 17.6 Å². The van der Waals surface area contributed by atoms with E-state index in [1.165, 1.54) is 15.3 Å². The molecule has 0 spiro atoms. The van der Waals surface area contributed by atoms with E-state index in [1.807, 2.05) is 23.5 Å². The van der Waals surface area contributed by atoms with Gasteiger partial charge < -0.3 is 0 Å². The molecule has 15 heavy (non-hydrogen) atoms. The fraction of sp³-hybridized carbons (Fsp3) is 0.167. The molecular weight excluding hydrogens is 208 g/mol. The number of aryl methyl sites for hydroxylation is 1. The van der Waals surface area contributed by atoms with Gasteiger partial charge in [-0.05, 0) is 25.1 Å². The van der Waals surface area contributed by atoms with Gasteiger partial charge in [-0.1, -0.05) is 12.1 Å². The number of thiophene rings is 1. The quantitative estimate of drug-likeness (QED) is 0.608. The van der Waals surface area contributed by atoms with Gasteiger partial charge in [-0.25, -0.2) is 0 Å². The van der Waals surface area contributed by atoms with Crippen molar-refractivity contribution in [1.29, 1.82) is 0 Å². The van der Waals surface area contributed by atoms with Crippen molar-refractivity contribution in [3.8, 4) is 0 Å². The molecule has 2 nitrogen and oxygen atoms in total. The van der Waals surface area contributed by atoms with Gasteiger partial charge in [-0.3, -0.25) is 9.15 Å². The topological polar surface area (TPSA) is 26.3 Å². The minimum absolute atomic E-state index is 0.848. The normalized spacial score (nSPS) is 11.3. The lowest BCUT2D eigenvalue weighted by Gasteiger charge is -2.03. The summed E-state index contributed by atoms with van der Waals surface area (Å²) in [6.07, 6.45) is 0.922. The molecule has 0 unspecified atom stereocenters. The molecule has 76 valence electrons. The Morgan fingerprint density at radius 1 is 1.13 bits per heavy atom. The van der Waals surface area contributed by atoms with Crippen LogP contribution in [-0.4, -0.2) is 0 Å². The van der Waals surface area contributed by atoms with Gasteiger partial charge in [0.2, 0.25) is 11.2 Å². The first kappa shape index (κ1) is 8.80. The molecule has 0 radical (unpaired) electrons. The lowest BCUT2D eigenvalue weighted by atomic mass is 10.1. The Morgan fingerprint density at radius 2 is 2.07 bits per heavy atom. The largest absolute Gasteiger partial charge is 0.286 e. The van der Waals surface area contributed by atoms with Crippen LogP contribution >= 0.6 is 11.3 Å². The molecule has 0 aliphatic rings. The summed E-state index contributed by atoms with van der Waals surface area (Å²) in [5.74, 6) is 0. The number of benzene rings is 1.